The van der Waals surface area contributed by atoms with Crippen molar-refractivity contribution in [1.82, 2.24) is 4.90 Å². The van der Waals surface area contributed by atoms with Crippen LogP contribution >= 0.6 is 0 Å². The van der Waals surface area contributed by atoms with Crippen molar-refractivity contribution < 1.29 is 9.52 Å². The van der Waals surface area contributed by atoms with Crippen molar-refractivity contribution in [1.29, 1.82) is 0 Å². The molecule has 1 aliphatic rings. The Morgan fingerprint density at radius 1 is 1.42 bits per heavy atom. The van der Waals surface area contributed by atoms with Gasteiger partial charge in [0.1, 0.15) is 11.5 Å². The van der Waals surface area contributed by atoms with Crippen molar-refractivity contribution in [3.8, 4) is 0 Å². The number of aliphatic hydroxyl groups excluding tert-OH is 1. The molecule has 19 heavy (non-hydrogen) atoms. The fourth-order valence-electron chi connectivity index (χ4n) is 3.24. The zero-order valence-corrected chi connectivity index (χ0v) is 12.0. The third-order valence-electron chi connectivity index (χ3n) is 4.06. The molecule has 4 nitrogen and oxygen atoms in total. The Hall–Kier alpha value is -0.840. The van der Waals surface area contributed by atoms with Crippen molar-refractivity contribution in [2.24, 2.45) is 5.73 Å². The summed E-state index contributed by atoms with van der Waals surface area (Å²) in [4.78, 5) is 2.34. The van der Waals surface area contributed by atoms with E-state index in [1.165, 1.54) is 25.7 Å². The summed E-state index contributed by atoms with van der Waals surface area (Å²) < 4.78 is 5.79. The van der Waals surface area contributed by atoms with Gasteiger partial charge in [0.15, 0.2) is 0 Å². The maximum atomic E-state index is 9.37. The van der Waals surface area contributed by atoms with E-state index in [2.05, 4.69) is 4.90 Å². The molecular weight excluding hydrogens is 240 g/mol. The highest BCUT2D eigenvalue weighted by atomic mass is 16.3. The van der Waals surface area contributed by atoms with Gasteiger partial charge in [0.05, 0.1) is 12.6 Å². The van der Waals surface area contributed by atoms with E-state index in [1.807, 2.05) is 26.0 Å². The van der Waals surface area contributed by atoms with Gasteiger partial charge < -0.3 is 15.3 Å². The zero-order valence-electron chi connectivity index (χ0n) is 12.0. The van der Waals surface area contributed by atoms with Gasteiger partial charge in [-0.2, -0.15) is 0 Å². The first-order chi connectivity index (χ1) is 9.13. The normalized spacial score (nSPS) is 20.1. The second kappa shape index (κ2) is 6.55. The first-order valence-electron chi connectivity index (χ1n) is 7.32. The molecular formula is C15H26N2O2. The minimum absolute atomic E-state index is 0.0160. The van der Waals surface area contributed by atoms with Crippen LogP contribution in [0.2, 0.25) is 0 Å². The van der Waals surface area contributed by atoms with E-state index in [0.29, 0.717) is 12.6 Å². The van der Waals surface area contributed by atoms with Gasteiger partial charge in [-0.3, -0.25) is 4.90 Å². The van der Waals surface area contributed by atoms with Crippen molar-refractivity contribution in [2.45, 2.75) is 57.7 Å². The van der Waals surface area contributed by atoms with Crippen molar-refractivity contribution >= 4 is 0 Å². The molecule has 2 unspecified atom stereocenters. The molecule has 0 aromatic carbocycles. The lowest BCUT2D eigenvalue weighted by Crippen LogP contribution is -2.45. The van der Waals surface area contributed by atoms with Gasteiger partial charge in [0, 0.05) is 18.6 Å². The number of furan rings is 1. The fourth-order valence-corrected chi connectivity index (χ4v) is 3.24. The molecule has 0 aliphatic heterocycles. The van der Waals surface area contributed by atoms with Crippen LogP contribution in [0.5, 0.6) is 0 Å². The van der Waals surface area contributed by atoms with Gasteiger partial charge in [0.25, 0.3) is 0 Å². The SMILES string of the molecule is Cc1ccc(C(C(C)N)N(CCO)C2CCCC2)o1. The summed E-state index contributed by atoms with van der Waals surface area (Å²) in [5, 5.41) is 9.37. The molecule has 0 radical (unpaired) electrons. The molecule has 1 aliphatic carbocycles. The van der Waals surface area contributed by atoms with Crippen LogP contribution in [0.25, 0.3) is 0 Å². The van der Waals surface area contributed by atoms with Crippen LogP contribution in [-0.4, -0.2) is 35.2 Å². The van der Waals surface area contributed by atoms with Gasteiger partial charge in [-0.15, -0.1) is 0 Å². The zero-order chi connectivity index (χ0) is 13.8. The van der Waals surface area contributed by atoms with E-state index in [0.717, 1.165) is 11.5 Å². The number of hydrogen-bond donors (Lipinski definition) is 2. The Morgan fingerprint density at radius 3 is 2.58 bits per heavy atom. The Morgan fingerprint density at radius 2 is 2.11 bits per heavy atom. The lowest BCUT2D eigenvalue weighted by Gasteiger charge is -2.37. The molecule has 2 rings (SSSR count). The second-order valence-electron chi connectivity index (χ2n) is 5.65. The van der Waals surface area contributed by atoms with Crippen molar-refractivity contribution in [2.75, 3.05) is 13.2 Å². The fraction of sp³-hybridized carbons (Fsp3) is 0.733. The number of rotatable bonds is 6. The molecule has 1 fully saturated rings. The molecule has 108 valence electrons. The Balaban J connectivity index is 2.23. The van der Waals surface area contributed by atoms with Crippen LogP contribution in [0.4, 0.5) is 0 Å². The third kappa shape index (κ3) is 3.38. The molecule has 0 bridgehead atoms. The monoisotopic (exact) mass is 266 g/mol. The minimum atomic E-state index is -0.0160. The van der Waals surface area contributed by atoms with E-state index < -0.39 is 0 Å². The predicted octanol–water partition coefficient (Wildman–Crippen LogP) is 2.21. The van der Waals surface area contributed by atoms with Crippen LogP contribution in [0.15, 0.2) is 16.5 Å². The summed E-state index contributed by atoms with van der Waals surface area (Å²) in [6.45, 7) is 4.80. The van der Waals surface area contributed by atoms with E-state index >= 15 is 0 Å². The lowest BCUT2D eigenvalue weighted by atomic mass is 10.0. The topological polar surface area (TPSA) is 62.6 Å². The number of nitrogens with zero attached hydrogens (tertiary/aromatic N) is 1. The van der Waals surface area contributed by atoms with Gasteiger partial charge in [-0.25, -0.2) is 0 Å². The standard InChI is InChI=1S/C15H26N2O2/c1-11-7-8-14(19-11)15(12(2)16)17(9-10-18)13-5-3-4-6-13/h7-8,12-13,15,18H,3-6,9-10,16H2,1-2H3. The molecule has 1 heterocycles. The Bertz CT molecular complexity index is 383. The predicted molar refractivity (Wildman–Crippen MR) is 75.9 cm³/mol. The molecule has 1 aromatic rings. The van der Waals surface area contributed by atoms with Gasteiger partial charge in [0.2, 0.25) is 0 Å². The Labute approximate surface area is 115 Å². The molecule has 0 saturated heterocycles. The van der Waals surface area contributed by atoms with Crippen LogP contribution in [0.1, 0.15) is 50.2 Å². The highest BCUT2D eigenvalue weighted by Gasteiger charge is 2.33. The molecule has 1 saturated carbocycles. The summed E-state index contributed by atoms with van der Waals surface area (Å²) in [6.07, 6.45) is 4.94. The van der Waals surface area contributed by atoms with E-state index in [4.69, 9.17) is 10.2 Å². The summed E-state index contributed by atoms with van der Waals surface area (Å²) in [7, 11) is 0. The van der Waals surface area contributed by atoms with Crippen LogP contribution in [0, 0.1) is 6.92 Å². The lowest BCUT2D eigenvalue weighted by molar-refractivity contribution is 0.0797. The van der Waals surface area contributed by atoms with Gasteiger partial charge in [-0.05, 0) is 38.8 Å². The average Bonchev–Trinajstić information content (AvgIpc) is 2.99. The summed E-state index contributed by atoms with van der Waals surface area (Å²) >= 11 is 0. The number of nitrogens with two attached hydrogens (primary N) is 1. The molecule has 0 spiro atoms. The van der Waals surface area contributed by atoms with E-state index in [9.17, 15) is 5.11 Å². The van der Waals surface area contributed by atoms with Crippen molar-refractivity contribution in [3.05, 3.63) is 23.7 Å². The highest BCUT2D eigenvalue weighted by Crippen LogP contribution is 2.33. The highest BCUT2D eigenvalue weighted by molar-refractivity contribution is 5.12. The quantitative estimate of drug-likeness (QED) is 0.828. The van der Waals surface area contributed by atoms with Crippen LogP contribution < -0.4 is 5.73 Å². The second-order valence-corrected chi connectivity index (χ2v) is 5.65. The minimum Gasteiger partial charge on any atom is -0.465 e. The van der Waals surface area contributed by atoms with Crippen molar-refractivity contribution in [3.63, 3.8) is 0 Å². The molecule has 3 N–H and O–H groups in total. The summed E-state index contributed by atoms with van der Waals surface area (Å²) in [5.41, 5.74) is 6.19. The van der Waals surface area contributed by atoms with Crippen LogP contribution in [-0.2, 0) is 0 Å². The molecule has 2 atom stereocenters. The van der Waals surface area contributed by atoms with E-state index in [1.54, 1.807) is 0 Å². The summed E-state index contributed by atoms with van der Waals surface area (Å²) in [6, 6.07) is 4.56. The smallest absolute Gasteiger partial charge is 0.122 e. The van der Waals surface area contributed by atoms with E-state index in [-0.39, 0.29) is 18.7 Å². The summed E-state index contributed by atoms with van der Waals surface area (Å²) in [5.74, 6) is 1.84. The average molecular weight is 266 g/mol. The van der Waals surface area contributed by atoms with Crippen LogP contribution in [0.3, 0.4) is 0 Å². The maximum absolute atomic E-state index is 9.37. The number of hydrogen-bond acceptors (Lipinski definition) is 4. The number of aliphatic hydroxyl groups is 1. The largest absolute Gasteiger partial charge is 0.465 e. The number of aryl methyl sites for hydroxylation is 1. The van der Waals surface area contributed by atoms with Gasteiger partial charge in [-0.1, -0.05) is 12.8 Å². The first-order valence-corrected chi connectivity index (χ1v) is 7.32. The first kappa shape index (κ1) is 14.6. The molecule has 0 amide bonds. The van der Waals surface area contributed by atoms with Gasteiger partial charge >= 0.3 is 0 Å². The third-order valence-corrected chi connectivity index (χ3v) is 4.06. The molecule has 4 heteroatoms. The maximum Gasteiger partial charge on any atom is 0.122 e. The molecule has 1 aromatic heterocycles. The Kier molecular flexibility index (Phi) is 5.02.